The molecule has 30 heavy (non-hydrogen) atoms. The summed E-state index contributed by atoms with van der Waals surface area (Å²) >= 11 is 0. The Morgan fingerprint density at radius 2 is 1.83 bits per heavy atom. The molecule has 0 radical (unpaired) electrons. The van der Waals surface area contributed by atoms with E-state index in [0.717, 1.165) is 16.9 Å². The van der Waals surface area contributed by atoms with E-state index in [9.17, 15) is 9.59 Å². The Morgan fingerprint density at radius 1 is 1.10 bits per heavy atom. The van der Waals surface area contributed by atoms with E-state index in [-0.39, 0.29) is 30.2 Å². The number of methoxy groups -OCH3 is 1. The monoisotopic (exact) mass is 406 g/mol. The number of benzene rings is 2. The first-order valence-electron chi connectivity index (χ1n) is 9.62. The molecule has 2 aromatic carbocycles. The van der Waals surface area contributed by atoms with Gasteiger partial charge in [-0.25, -0.2) is 0 Å². The molecule has 0 bridgehead atoms. The minimum absolute atomic E-state index is 0.192. The Hall–Kier alpha value is -3.75. The Bertz CT molecular complexity index is 1030. The van der Waals surface area contributed by atoms with Gasteiger partial charge < -0.3 is 10.1 Å². The maximum atomic E-state index is 12.6. The lowest BCUT2D eigenvalue weighted by Gasteiger charge is -2.42. The van der Waals surface area contributed by atoms with Crippen LogP contribution in [0.25, 0.3) is 0 Å². The number of carbonyl (C=O) groups excluding carboxylic acids is 2. The fraction of sp³-hybridized carbons (Fsp3) is 0.286. The lowest BCUT2D eigenvalue weighted by molar-refractivity contribution is -0.132. The Morgan fingerprint density at radius 3 is 2.50 bits per heavy atom. The van der Waals surface area contributed by atoms with Gasteiger partial charge in [-0.3, -0.25) is 14.5 Å². The van der Waals surface area contributed by atoms with Crippen molar-refractivity contribution in [2.45, 2.75) is 32.0 Å². The topological polar surface area (TPSA) is 102 Å². The smallest absolute Gasteiger partial charge is 0.273 e. The molecule has 154 valence electrons. The molecule has 0 unspecified atom stereocenters. The predicted molar refractivity (Wildman–Crippen MR) is 109 cm³/mol. The molecule has 1 aliphatic rings. The number of nitrogens with one attached hydrogen (secondary N) is 1. The van der Waals surface area contributed by atoms with Crippen molar-refractivity contribution in [2.24, 2.45) is 0 Å². The molecule has 2 heterocycles. The second-order valence-electron chi connectivity index (χ2n) is 7.12. The van der Waals surface area contributed by atoms with Crippen LogP contribution in [0.1, 0.15) is 18.1 Å². The number of tetrazole rings is 1. The SMILES string of the molecule is COc1ccc(Cn2nnc(N3C(=O)[C@@H](NC(=O)Cc4ccccc4)[C@@H]3C)n2)cc1. The zero-order chi connectivity index (χ0) is 21.1. The zero-order valence-electron chi connectivity index (χ0n) is 16.7. The van der Waals surface area contributed by atoms with E-state index >= 15 is 0 Å². The molecule has 2 atom stereocenters. The van der Waals surface area contributed by atoms with E-state index in [1.165, 1.54) is 9.70 Å². The van der Waals surface area contributed by atoms with Crippen LogP contribution in [0, 0.1) is 0 Å². The summed E-state index contributed by atoms with van der Waals surface area (Å²) in [6.07, 6.45) is 0.230. The van der Waals surface area contributed by atoms with Crippen LogP contribution in [0.2, 0.25) is 0 Å². The third-order valence-corrected chi connectivity index (χ3v) is 5.06. The molecular formula is C21H22N6O3. The fourth-order valence-corrected chi connectivity index (χ4v) is 3.39. The first-order chi connectivity index (χ1) is 14.5. The quantitative estimate of drug-likeness (QED) is 0.592. The van der Waals surface area contributed by atoms with E-state index < -0.39 is 6.04 Å². The highest BCUT2D eigenvalue weighted by Crippen LogP contribution is 2.24. The van der Waals surface area contributed by atoms with Gasteiger partial charge in [0.2, 0.25) is 5.91 Å². The number of hydrogen-bond donors (Lipinski definition) is 1. The Kier molecular flexibility index (Phi) is 5.42. The van der Waals surface area contributed by atoms with Gasteiger partial charge in [-0.15, -0.1) is 5.10 Å². The first kappa shape index (κ1) is 19.6. The average Bonchev–Trinajstić information content (AvgIpc) is 3.21. The van der Waals surface area contributed by atoms with Gasteiger partial charge in [0, 0.05) is 0 Å². The number of hydrogen-bond acceptors (Lipinski definition) is 6. The van der Waals surface area contributed by atoms with E-state index in [1.54, 1.807) is 7.11 Å². The van der Waals surface area contributed by atoms with Gasteiger partial charge in [0.25, 0.3) is 11.9 Å². The van der Waals surface area contributed by atoms with Gasteiger partial charge in [0.05, 0.1) is 26.1 Å². The van der Waals surface area contributed by atoms with Crippen molar-refractivity contribution in [1.82, 2.24) is 25.5 Å². The van der Waals surface area contributed by atoms with Gasteiger partial charge in [0.15, 0.2) is 0 Å². The number of amides is 2. The van der Waals surface area contributed by atoms with Gasteiger partial charge in [-0.1, -0.05) is 47.6 Å². The van der Waals surface area contributed by atoms with Crippen molar-refractivity contribution >= 4 is 17.8 Å². The molecule has 1 N–H and O–H groups in total. The van der Waals surface area contributed by atoms with Crippen LogP contribution in [-0.4, -0.2) is 51.2 Å². The molecule has 1 saturated heterocycles. The van der Waals surface area contributed by atoms with Crippen LogP contribution in [0.3, 0.4) is 0 Å². The minimum Gasteiger partial charge on any atom is -0.497 e. The van der Waals surface area contributed by atoms with E-state index in [4.69, 9.17) is 4.74 Å². The molecule has 2 amide bonds. The molecule has 3 aromatic rings. The van der Waals surface area contributed by atoms with Crippen LogP contribution >= 0.6 is 0 Å². The van der Waals surface area contributed by atoms with Crippen LogP contribution < -0.4 is 15.0 Å². The molecule has 4 rings (SSSR count). The molecule has 1 aromatic heterocycles. The summed E-state index contributed by atoms with van der Waals surface area (Å²) in [5.41, 5.74) is 1.88. The summed E-state index contributed by atoms with van der Waals surface area (Å²) in [4.78, 5) is 27.7. The van der Waals surface area contributed by atoms with Gasteiger partial charge in [-0.2, -0.15) is 4.80 Å². The molecule has 0 saturated carbocycles. The number of β-lactam (4-membered cyclic amide) rings is 1. The van der Waals surface area contributed by atoms with Crippen LogP contribution in [0.15, 0.2) is 54.6 Å². The fourth-order valence-electron chi connectivity index (χ4n) is 3.39. The minimum atomic E-state index is -0.588. The van der Waals surface area contributed by atoms with E-state index in [2.05, 4.69) is 20.7 Å². The number of ether oxygens (including phenoxy) is 1. The highest BCUT2D eigenvalue weighted by molar-refractivity contribution is 6.05. The van der Waals surface area contributed by atoms with Crippen molar-refractivity contribution in [3.8, 4) is 5.75 Å². The highest BCUT2D eigenvalue weighted by Gasteiger charge is 2.48. The predicted octanol–water partition coefficient (Wildman–Crippen LogP) is 1.19. The summed E-state index contributed by atoms with van der Waals surface area (Å²) in [6, 6.07) is 16.1. The molecule has 9 nitrogen and oxygen atoms in total. The largest absolute Gasteiger partial charge is 0.497 e. The summed E-state index contributed by atoms with van der Waals surface area (Å²) in [5.74, 6) is 0.566. The molecule has 0 aliphatic carbocycles. The molecule has 1 fully saturated rings. The standard InChI is InChI=1S/C21H22N6O3/c1-14-19(22-18(28)12-15-6-4-3-5-7-15)20(29)27(14)21-23-25-26(24-21)13-16-8-10-17(30-2)11-9-16/h3-11,14,19H,12-13H2,1-2H3,(H,22,28)/t14-,19-/m0/s1. The third kappa shape index (κ3) is 4.00. The summed E-state index contributed by atoms with van der Waals surface area (Å²) < 4.78 is 5.15. The second-order valence-corrected chi connectivity index (χ2v) is 7.12. The summed E-state index contributed by atoms with van der Waals surface area (Å²) in [7, 11) is 1.61. The normalized spacial score (nSPS) is 18.1. The van der Waals surface area contributed by atoms with Gasteiger partial charge in [-0.05, 0) is 35.4 Å². The maximum Gasteiger partial charge on any atom is 0.273 e. The van der Waals surface area contributed by atoms with Crippen molar-refractivity contribution in [2.75, 3.05) is 12.0 Å². The van der Waals surface area contributed by atoms with Crippen molar-refractivity contribution in [1.29, 1.82) is 0 Å². The number of anilines is 1. The average molecular weight is 406 g/mol. The van der Waals surface area contributed by atoms with E-state index in [0.29, 0.717) is 6.54 Å². The number of nitrogens with zero attached hydrogens (tertiary/aromatic N) is 5. The van der Waals surface area contributed by atoms with Crippen molar-refractivity contribution in [3.05, 3.63) is 65.7 Å². The number of carbonyl (C=O) groups is 2. The van der Waals surface area contributed by atoms with Crippen molar-refractivity contribution in [3.63, 3.8) is 0 Å². The first-order valence-corrected chi connectivity index (χ1v) is 9.62. The molecule has 0 spiro atoms. The number of aromatic nitrogens is 4. The second kappa shape index (κ2) is 8.32. The lowest BCUT2D eigenvalue weighted by atomic mass is 9.97. The molecule has 9 heteroatoms. The third-order valence-electron chi connectivity index (χ3n) is 5.06. The summed E-state index contributed by atoms with van der Waals surface area (Å²) in [6.45, 7) is 2.27. The van der Waals surface area contributed by atoms with Crippen molar-refractivity contribution < 1.29 is 14.3 Å². The maximum absolute atomic E-state index is 12.6. The van der Waals surface area contributed by atoms with E-state index in [1.807, 2.05) is 61.5 Å². The zero-order valence-corrected chi connectivity index (χ0v) is 16.7. The van der Waals surface area contributed by atoms with Gasteiger partial charge >= 0.3 is 0 Å². The summed E-state index contributed by atoms with van der Waals surface area (Å²) in [5, 5.41) is 15.1. The van der Waals surface area contributed by atoms with Gasteiger partial charge in [0.1, 0.15) is 11.8 Å². The Labute approximate surface area is 173 Å². The Balaban J connectivity index is 1.35. The van der Waals surface area contributed by atoms with Crippen LogP contribution in [0.5, 0.6) is 5.75 Å². The molecular weight excluding hydrogens is 384 g/mol. The molecule has 1 aliphatic heterocycles. The van der Waals surface area contributed by atoms with Crippen LogP contribution in [0.4, 0.5) is 5.95 Å². The van der Waals surface area contributed by atoms with Crippen LogP contribution in [-0.2, 0) is 22.6 Å². The highest BCUT2D eigenvalue weighted by atomic mass is 16.5. The number of rotatable bonds is 7. The lowest BCUT2D eigenvalue weighted by Crippen LogP contribution is -2.70.